The van der Waals surface area contributed by atoms with Crippen LogP contribution in [-0.4, -0.2) is 30.4 Å². The van der Waals surface area contributed by atoms with Gasteiger partial charge in [-0.25, -0.2) is 0 Å². The van der Waals surface area contributed by atoms with Gasteiger partial charge in [0.15, 0.2) is 0 Å². The average Bonchev–Trinajstić information content (AvgIpc) is 2.85. The number of hydrogen-bond donors (Lipinski definition) is 1. The van der Waals surface area contributed by atoms with Crippen molar-refractivity contribution in [1.29, 1.82) is 0 Å². The third kappa shape index (κ3) is 2.10. The van der Waals surface area contributed by atoms with E-state index in [9.17, 15) is 0 Å². The van der Waals surface area contributed by atoms with Crippen LogP contribution in [0.2, 0.25) is 0 Å². The van der Waals surface area contributed by atoms with Gasteiger partial charge in [0.2, 0.25) is 11.8 Å². The van der Waals surface area contributed by atoms with Crippen LogP contribution in [0.15, 0.2) is 4.42 Å². The second kappa shape index (κ2) is 4.52. The van der Waals surface area contributed by atoms with Gasteiger partial charge in [0.25, 0.3) is 0 Å². The summed E-state index contributed by atoms with van der Waals surface area (Å²) in [5.74, 6) is 1.32. The summed E-state index contributed by atoms with van der Waals surface area (Å²) in [5, 5.41) is 11.0. The van der Waals surface area contributed by atoms with Crippen molar-refractivity contribution in [2.75, 3.05) is 20.2 Å². The minimum atomic E-state index is 0.0332. The molecule has 0 spiro atoms. The Morgan fingerprint density at radius 2 is 2.43 bits per heavy atom. The minimum Gasteiger partial charge on any atom is -0.422 e. The maximum absolute atomic E-state index is 5.48. The van der Waals surface area contributed by atoms with Crippen molar-refractivity contribution in [2.24, 2.45) is 0 Å². The van der Waals surface area contributed by atoms with Crippen molar-refractivity contribution in [3.8, 4) is 0 Å². The van der Waals surface area contributed by atoms with E-state index in [0.29, 0.717) is 11.8 Å². The van der Waals surface area contributed by atoms with Gasteiger partial charge in [0, 0.05) is 19.6 Å². The van der Waals surface area contributed by atoms with Gasteiger partial charge in [0.05, 0.1) is 0 Å². The van der Waals surface area contributed by atoms with E-state index in [2.05, 4.69) is 15.5 Å². The number of nitrogens with one attached hydrogen (secondary N) is 1. The molecule has 14 heavy (non-hydrogen) atoms. The number of nitrogens with zero attached hydrogens (tertiary/aromatic N) is 2. The fraction of sp³-hybridized carbons (Fsp3) is 0.778. The summed E-state index contributed by atoms with van der Waals surface area (Å²) < 4.78 is 10.9. The molecule has 0 aromatic carbocycles. The Labute approximate surface area is 82.8 Å². The first-order valence-corrected chi connectivity index (χ1v) is 4.98. The summed E-state index contributed by atoms with van der Waals surface area (Å²) in [6, 6.07) is 0. The molecule has 0 saturated carbocycles. The van der Waals surface area contributed by atoms with Crippen molar-refractivity contribution >= 4 is 0 Å². The summed E-state index contributed by atoms with van der Waals surface area (Å²) in [6.07, 6.45) is 2.88. The first-order chi connectivity index (χ1) is 6.90. The van der Waals surface area contributed by atoms with Crippen LogP contribution in [0.4, 0.5) is 0 Å². The predicted molar refractivity (Wildman–Crippen MR) is 49.9 cm³/mol. The van der Waals surface area contributed by atoms with E-state index in [4.69, 9.17) is 9.15 Å². The van der Waals surface area contributed by atoms with Gasteiger partial charge in [-0.2, -0.15) is 0 Å². The van der Waals surface area contributed by atoms with Gasteiger partial charge < -0.3 is 14.5 Å². The molecule has 0 radical (unpaired) electrons. The maximum Gasteiger partial charge on any atom is 0.245 e. The maximum atomic E-state index is 5.48. The molecule has 0 aliphatic carbocycles. The minimum absolute atomic E-state index is 0.0332. The molecule has 2 heterocycles. The smallest absolute Gasteiger partial charge is 0.245 e. The molecule has 0 bridgehead atoms. The summed E-state index contributed by atoms with van der Waals surface area (Å²) in [4.78, 5) is 0. The lowest BCUT2D eigenvalue weighted by Crippen LogP contribution is -2.10. The first kappa shape index (κ1) is 9.61. The van der Waals surface area contributed by atoms with Gasteiger partial charge in [0.1, 0.15) is 6.10 Å². The third-order valence-electron chi connectivity index (χ3n) is 2.28. The molecular weight excluding hydrogens is 182 g/mol. The highest BCUT2D eigenvalue weighted by atomic mass is 16.5. The second-order valence-electron chi connectivity index (χ2n) is 3.39. The molecule has 5 nitrogen and oxygen atoms in total. The highest BCUT2D eigenvalue weighted by Gasteiger charge is 2.23. The summed E-state index contributed by atoms with van der Waals surface area (Å²) in [7, 11) is 1.90. The zero-order valence-corrected chi connectivity index (χ0v) is 8.32. The monoisotopic (exact) mass is 197 g/mol. The molecular formula is C9H15N3O2. The van der Waals surface area contributed by atoms with Gasteiger partial charge >= 0.3 is 0 Å². The highest BCUT2D eigenvalue weighted by Crippen LogP contribution is 2.27. The Kier molecular flexibility index (Phi) is 3.10. The average molecular weight is 197 g/mol. The molecule has 1 aliphatic heterocycles. The molecule has 1 fully saturated rings. The van der Waals surface area contributed by atoms with Crippen molar-refractivity contribution in [3.05, 3.63) is 11.8 Å². The van der Waals surface area contributed by atoms with Gasteiger partial charge in [-0.3, -0.25) is 0 Å². The van der Waals surface area contributed by atoms with Crippen molar-refractivity contribution in [1.82, 2.24) is 15.5 Å². The number of ether oxygens (including phenoxy) is 1. The molecule has 1 saturated heterocycles. The Bertz CT molecular complexity index is 281. The van der Waals surface area contributed by atoms with Crippen molar-refractivity contribution in [3.63, 3.8) is 0 Å². The van der Waals surface area contributed by atoms with E-state index < -0.39 is 0 Å². The van der Waals surface area contributed by atoms with Gasteiger partial charge in [-0.05, 0) is 19.9 Å². The SMILES string of the molecule is CNCCc1nnc(C2CCCO2)o1. The first-order valence-electron chi connectivity index (χ1n) is 4.98. The third-order valence-corrected chi connectivity index (χ3v) is 2.28. The molecule has 1 atom stereocenters. The van der Waals surface area contributed by atoms with Crippen LogP contribution in [0, 0.1) is 0 Å². The van der Waals surface area contributed by atoms with Crippen LogP contribution in [0.5, 0.6) is 0 Å². The largest absolute Gasteiger partial charge is 0.422 e. The van der Waals surface area contributed by atoms with Crippen molar-refractivity contribution in [2.45, 2.75) is 25.4 Å². The molecule has 1 aliphatic rings. The van der Waals surface area contributed by atoms with E-state index in [-0.39, 0.29) is 6.10 Å². The Morgan fingerprint density at radius 3 is 3.14 bits per heavy atom. The standard InChI is InChI=1S/C9H15N3O2/c1-10-5-4-8-11-12-9(14-8)7-3-2-6-13-7/h7,10H,2-6H2,1H3. The van der Waals surface area contributed by atoms with Crippen LogP contribution >= 0.6 is 0 Å². The van der Waals surface area contributed by atoms with Crippen molar-refractivity contribution < 1.29 is 9.15 Å². The number of aromatic nitrogens is 2. The number of hydrogen-bond acceptors (Lipinski definition) is 5. The quantitative estimate of drug-likeness (QED) is 0.769. The fourth-order valence-corrected chi connectivity index (χ4v) is 1.50. The fourth-order valence-electron chi connectivity index (χ4n) is 1.50. The molecule has 1 aromatic rings. The Hall–Kier alpha value is -0.940. The lowest BCUT2D eigenvalue weighted by molar-refractivity contribution is 0.0881. The van der Waals surface area contributed by atoms with E-state index in [1.807, 2.05) is 7.05 Å². The lowest BCUT2D eigenvalue weighted by Gasteiger charge is -2.01. The molecule has 1 N–H and O–H groups in total. The Balaban J connectivity index is 1.94. The van der Waals surface area contributed by atoms with Gasteiger partial charge in [-0.15, -0.1) is 10.2 Å². The summed E-state index contributed by atoms with van der Waals surface area (Å²) in [5.41, 5.74) is 0. The highest BCUT2D eigenvalue weighted by molar-refractivity contribution is 4.89. The van der Waals surface area contributed by atoms with Crippen LogP contribution in [0.3, 0.4) is 0 Å². The number of likely N-dealkylation sites (N-methyl/N-ethyl adjacent to an activating group) is 1. The molecule has 5 heteroatoms. The topological polar surface area (TPSA) is 60.2 Å². The van der Waals surface area contributed by atoms with E-state index >= 15 is 0 Å². The normalized spacial score (nSPS) is 21.6. The van der Waals surface area contributed by atoms with Crippen LogP contribution in [0.1, 0.15) is 30.7 Å². The summed E-state index contributed by atoms with van der Waals surface area (Å²) in [6.45, 7) is 1.66. The molecule has 1 unspecified atom stereocenters. The molecule has 0 amide bonds. The summed E-state index contributed by atoms with van der Waals surface area (Å²) >= 11 is 0. The second-order valence-corrected chi connectivity index (χ2v) is 3.39. The molecule has 78 valence electrons. The van der Waals surface area contributed by atoms with Crippen LogP contribution in [-0.2, 0) is 11.2 Å². The molecule has 1 aromatic heterocycles. The predicted octanol–water partition coefficient (Wildman–Crippen LogP) is 0.683. The zero-order chi connectivity index (χ0) is 9.80. The molecule has 2 rings (SSSR count). The van der Waals surface area contributed by atoms with E-state index in [0.717, 1.165) is 32.4 Å². The lowest BCUT2D eigenvalue weighted by atomic mass is 10.2. The number of rotatable bonds is 4. The Morgan fingerprint density at radius 1 is 1.50 bits per heavy atom. The van der Waals surface area contributed by atoms with Crippen LogP contribution in [0.25, 0.3) is 0 Å². The van der Waals surface area contributed by atoms with Gasteiger partial charge in [-0.1, -0.05) is 0 Å². The van der Waals surface area contributed by atoms with Crippen LogP contribution < -0.4 is 5.32 Å². The van der Waals surface area contributed by atoms with E-state index in [1.54, 1.807) is 0 Å². The zero-order valence-electron chi connectivity index (χ0n) is 8.32. The van der Waals surface area contributed by atoms with E-state index in [1.165, 1.54) is 0 Å².